The number of aliphatic hydroxyl groups is 2. The standard InChI is InChI=1S/C42H50O12/c1-23-40(28-13-17-32(36(21-28)49-9)51-24(2)38(43)26-11-15-30(45-5)34(19-26)47-7)53-42(41(23,4)54-42)29-14-18-33(37(22-29)50-10)52-25(3)39(44)27-12-16-31(46-6)35(20-27)48-8/h11-25,38-40,43-44H,1-10H3. The normalized spacial score (nSPS) is 23.6. The lowest BCUT2D eigenvalue weighted by Gasteiger charge is -2.25. The lowest BCUT2D eigenvalue weighted by Crippen LogP contribution is -2.23. The Morgan fingerprint density at radius 2 is 0.981 bits per heavy atom. The number of methoxy groups -OCH3 is 6. The van der Waals surface area contributed by atoms with Crippen molar-refractivity contribution in [2.24, 2.45) is 5.92 Å². The van der Waals surface area contributed by atoms with Gasteiger partial charge in [-0.05, 0) is 92.1 Å². The molecule has 0 aromatic heterocycles. The first-order valence-corrected chi connectivity index (χ1v) is 17.8. The van der Waals surface area contributed by atoms with E-state index >= 15 is 0 Å². The van der Waals surface area contributed by atoms with Crippen molar-refractivity contribution in [3.8, 4) is 46.0 Å². The average molecular weight is 747 g/mol. The molecule has 0 spiro atoms. The van der Waals surface area contributed by atoms with Crippen molar-refractivity contribution in [2.75, 3.05) is 42.7 Å². The first kappa shape index (κ1) is 38.8. The van der Waals surface area contributed by atoms with Crippen LogP contribution in [0.4, 0.5) is 0 Å². The highest BCUT2D eigenvalue weighted by Crippen LogP contribution is 2.70. The smallest absolute Gasteiger partial charge is 0.226 e. The Kier molecular flexibility index (Phi) is 11.1. The van der Waals surface area contributed by atoms with E-state index in [1.807, 2.05) is 37.3 Å². The molecule has 4 aromatic carbocycles. The second-order valence-electron chi connectivity index (χ2n) is 13.7. The molecule has 4 aromatic rings. The summed E-state index contributed by atoms with van der Waals surface area (Å²) in [5.74, 6) is 3.01. The summed E-state index contributed by atoms with van der Waals surface area (Å²) in [6, 6.07) is 21.7. The molecule has 2 aliphatic heterocycles. The second kappa shape index (κ2) is 15.5. The van der Waals surface area contributed by atoms with Crippen LogP contribution in [0.15, 0.2) is 72.8 Å². The second-order valence-corrected chi connectivity index (χ2v) is 13.7. The van der Waals surface area contributed by atoms with Crippen molar-refractivity contribution in [2.45, 2.75) is 69.6 Å². The highest BCUT2D eigenvalue weighted by Gasteiger charge is 2.78. The zero-order valence-electron chi connectivity index (χ0n) is 32.4. The number of hydrogen-bond acceptors (Lipinski definition) is 12. The molecule has 0 radical (unpaired) electrons. The van der Waals surface area contributed by atoms with Crippen molar-refractivity contribution < 1.29 is 57.6 Å². The zero-order chi connectivity index (χ0) is 38.9. The summed E-state index contributed by atoms with van der Waals surface area (Å²) in [6.45, 7) is 7.72. The summed E-state index contributed by atoms with van der Waals surface area (Å²) in [6.07, 6.45) is -3.49. The molecule has 0 aliphatic carbocycles. The minimum atomic E-state index is -1.02. The van der Waals surface area contributed by atoms with Gasteiger partial charge in [-0.15, -0.1) is 0 Å². The Balaban J connectivity index is 1.17. The van der Waals surface area contributed by atoms with Crippen LogP contribution in [0.25, 0.3) is 0 Å². The van der Waals surface area contributed by atoms with Crippen LogP contribution in [0.1, 0.15) is 68.3 Å². The molecule has 8 atom stereocenters. The van der Waals surface area contributed by atoms with E-state index in [4.69, 9.17) is 47.4 Å². The molecule has 0 bridgehead atoms. The molecule has 290 valence electrons. The summed E-state index contributed by atoms with van der Waals surface area (Å²) >= 11 is 0. The zero-order valence-corrected chi connectivity index (χ0v) is 32.4. The highest BCUT2D eigenvalue weighted by molar-refractivity contribution is 5.50. The van der Waals surface area contributed by atoms with Gasteiger partial charge in [0, 0.05) is 11.5 Å². The largest absolute Gasteiger partial charge is 0.493 e. The Hall–Kier alpha value is -4.88. The summed E-state index contributed by atoms with van der Waals surface area (Å²) < 4.78 is 58.6. The molecule has 54 heavy (non-hydrogen) atoms. The van der Waals surface area contributed by atoms with Crippen molar-refractivity contribution in [3.63, 3.8) is 0 Å². The molecule has 2 aliphatic rings. The molecule has 12 heteroatoms. The molecule has 2 saturated heterocycles. The Morgan fingerprint density at radius 3 is 1.46 bits per heavy atom. The molecule has 12 nitrogen and oxygen atoms in total. The van der Waals surface area contributed by atoms with E-state index in [-0.39, 0.29) is 12.0 Å². The van der Waals surface area contributed by atoms with Gasteiger partial charge in [-0.3, -0.25) is 0 Å². The van der Waals surface area contributed by atoms with Gasteiger partial charge in [0.05, 0.1) is 48.8 Å². The maximum Gasteiger partial charge on any atom is 0.226 e. The number of benzene rings is 4. The van der Waals surface area contributed by atoms with Gasteiger partial charge >= 0.3 is 0 Å². The topological polar surface area (TPSA) is 136 Å². The van der Waals surface area contributed by atoms with Gasteiger partial charge in [0.15, 0.2) is 46.0 Å². The van der Waals surface area contributed by atoms with Crippen molar-refractivity contribution in [3.05, 3.63) is 95.1 Å². The van der Waals surface area contributed by atoms with E-state index in [1.165, 1.54) is 0 Å². The quantitative estimate of drug-likeness (QED) is 0.113. The molecule has 8 unspecified atom stereocenters. The number of aliphatic hydroxyl groups excluding tert-OH is 2. The molecule has 0 amide bonds. The summed E-state index contributed by atoms with van der Waals surface area (Å²) in [5, 5.41) is 22.3. The number of epoxide rings is 1. The van der Waals surface area contributed by atoms with Crippen LogP contribution in [0.5, 0.6) is 46.0 Å². The fourth-order valence-electron chi connectivity index (χ4n) is 7.22. The van der Waals surface area contributed by atoms with Crippen LogP contribution in [0.2, 0.25) is 0 Å². The van der Waals surface area contributed by atoms with E-state index in [1.54, 1.807) is 99.0 Å². The van der Waals surface area contributed by atoms with Gasteiger partial charge in [-0.2, -0.15) is 0 Å². The number of hydrogen-bond donors (Lipinski definition) is 2. The maximum absolute atomic E-state index is 11.1. The van der Waals surface area contributed by atoms with Crippen molar-refractivity contribution >= 4 is 0 Å². The van der Waals surface area contributed by atoms with E-state index in [0.717, 1.165) is 11.1 Å². The first-order valence-electron chi connectivity index (χ1n) is 17.8. The third kappa shape index (κ3) is 6.83. The van der Waals surface area contributed by atoms with Crippen LogP contribution in [-0.2, 0) is 15.3 Å². The van der Waals surface area contributed by atoms with Crippen molar-refractivity contribution in [1.29, 1.82) is 0 Å². The summed E-state index contributed by atoms with van der Waals surface area (Å²) in [7, 11) is 9.36. The lowest BCUT2D eigenvalue weighted by atomic mass is 9.85. The van der Waals surface area contributed by atoms with Gasteiger partial charge in [-0.1, -0.05) is 25.1 Å². The maximum atomic E-state index is 11.1. The van der Waals surface area contributed by atoms with Gasteiger partial charge in [-0.25, -0.2) is 0 Å². The van der Waals surface area contributed by atoms with Crippen molar-refractivity contribution in [1.82, 2.24) is 0 Å². The Labute approximate surface area is 316 Å². The van der Waals surface area contributed by atoms with E-state index in [0.29, 0.717) is 57.1 Å². The molecule has 6 rings (SSSR count). The first-order chi connectivity index (χ1) is 25.9. The molecular weight excluding hydrogens is 696 g/mol. The van der Waals surface area contributed by atoms with Crippen LogP contribution in [-0.4, -0.2) is 70.7 Å². The van der Waals surface area contributed by atoms with Crippen LogP contribution in [0, 0.1) is 5.92 Å². The minimum absolute atomic E-state index is 0.0432. The SMILES string of the molecule is COc1ccc(C(O)C(C)Oc2ccc(C3OC4(c5ccc(OC(C)C(O)c6ccc(OC)c(OC)c6)c(OC)c5)OC4(C)C3C)cc2OC)cc1OC. The lowest BCUT2D eigenvalue weighted by molar-refractivity contribution is -0.107. The summed E-state index contributed by atoms with van der Waals surface area (Å²) in [5.41, 5.74) is 2.29. The average Bonchev–Trinajstić information content (AvgIpc) is 3.76. The Bertz CT molecular complexity index is 1950. The van der Waals surface area contributed by atoms with E-state index in [2.05, 4.69) is 6.92 Å². The molecule has 0 saturated carbocycles. The molecule has 2 heterocycles. The number of rotatable bonds is 16. The van der Waals surface area contributed by atoms with Crippen LogP contribution < -0.4 is 37.9 Å². The predicted molar refractivity (Wildman–Crippen MR) is 199 cm³/mol. The highest BCUT2D eigenvalue weighted by atomic mass is 16.8. The third-order valence-electron chi connectivity index (χ3n) is 10.7. The number of ether oxygens (including phenoxy) is 10. The van der Waals surface area contributed by atoms with E-state index < -0.39 is 35.8 Å². The molecular formula is C42H50O12. The van der Waals surface area contributed by atoms with Gasteiger partial charge in [0.25, 0.3) is 0 Å². The molecule has 2 N–H and O–H groups in total. The number of fused-ring (bicyclic) bond motifs is 1. The monoisotopic (exact) mass is 746 g/mol. The predicted octanol–water partition coefficient (Wildman–Crippen LogP) is 7.09. The molecule has 2 fully saturated rings. The van der Waals surface area contributed by atoms with E-state index in [9.17, 15) is 10.2 Å². The third-order valence-corrected chi connectivity index (χ3v) is 10.7. The fourth-order valence-corrected chi connectivity index (χ4v) is 7.22. The van der Waals surface area contributed by atoms with Gasteiger partial charge in [0.2, 0.25) is 5.79 Å². The Morgan fingerprint density at radius 1 is 0.556 bits per heavy atom. The summed E-state index contributed by atoms with van der Waals surface area (Å²) in [4.78, 5) is 0. The minimum Gasteiger partial charge on any atom is -0.493 e. The van der Waals surface area contributed by atoms with Crippen LogP contribution >= 0.6 is 0 Å². The van der Waals surface area contributed by atoms with Gasteiger partial charge < -0.3 is 57.6 Å². The van der Waals surface area contributed by atoms with Crippen LogP contribution in [0.3, 0.4) is 0 Å². The van der Waals surface area contributed by atoms with Gasteiger partial charge in [0.1, 0.15) is 30.0 Å². The fraction of sp³-hybridized carbons (Fsp3) is 0.429.